The number of imide groups is 1. The number of amides is 5. The maximum atomic E-state index is 13.2. The Balaban J connectivity index is 0.862. The van der Waals surface area contributed by atoms with E-state index in [0.29, 0.717) is 58.1 Å². The lowest BCUT2D eigenvalue weighted by Crippen LogP contribution is -2.40. The van der Waals surface area contributed by atoms with Crippen molar-refractivity contribution in [1.82, 2.24) is 35.6 Å². The molecule has 1 saturated carbocycles. The molecule has 0 spiro atoms. The van der Waals surface area contributed by atoms with Crippen molar-refractivity contribution < 1.29 is 42.2 Å². The quantitative estimate of drug-likeness (QED) is 0.0808. The van der Waals surface area contributed by atoms with Crippen LogP contribution in [0.1, 0.15) is 88.8 Å². The molecule has 1 fully saturated rings. The number of hydrogen-bond acceptors (Lipinski definition) is 9. The molecule has 5 amide bonds. The smallest absolute Gasteiger partial charge is 0.433 e. The van der Waals surface area contributed by atoms with Crippen LogP contribution < -0.4 is 26.0 Å². The number of urea groups is 1. The summed E-state index contributed by atoms with van der Waals surface area (Å²) in [6.07, 6.45) is 1.03. The van der Waals surface area contributed by atoms with Gasteiger partial charge >= 0.3 is 12.2 Å². The number of likely N-dealkylation sites (N-methyl/N-ethyl adjacent to an activating group) is 1. The zero-order valence-electron chi connectivity index (χ0n) is 33.9. The summed E-state index contributed by atoms with van der Waals surface area (Å²) in [5.41, 5.74) is -0.00526. The van der Waals surface area contributed by atoms with Crippen LogP contribution in [0.25, 0.3) is 10.9 Å². The highest BCUT2D eigenvalue weighted by atomic mass is 19.4. The molecule has 3 aromatic carbocycles. The van der Waals surface area contributed by atoms with Gasteiger partial charge in [-0.25, -0.2) is 9.78 Å². The molecule has 2 aliphatic rings. The Labute approximate surface area is 349 Å². The van der Waals surface area contributed by atoms with E-state index < -0.39 is 35.0 Å². The van der Waals surface area contributed by atoms with Gasteiger partial charge in [0.15, 0.2) is 0 Å². The third-order valence-electron chi connectivity index (χ3n) is 10.9. The van der Waals surface area contributed by atoms with Crippen LogP contribution in [0, 0.1) is 5.92 Å². The highest BCUT2D eigenvalue weighted by Gasteiger charge is 2.33. The summed E-state index contributed by atoms with van der Waals surface area (Å²) < 4.78 is 47.7. The Morgan fingerprint density at radius 1 is 0.984 bits per heavy atom. The molecule has 2 aromatic heterocycles. The first-order chi connectivity index (χ1) is 29.0. The molecule has 17 heteroatoms. The highest BCUT2D eigenvalue weighted by molar-refractivity contribution is 6.11. The molecule has 0 saturated heterocycles. The van der Waals surface area contributed by atoms with Crippen LogP contribution in [0.2, 0.25) is 0 Å². The van der Waals surface area contributed by atoms with E-state index in [1.807, 2.05) is 24.0 Å². The number of fused-ring (bicyclic) bond motifs is 2. The van der Waals surface area contributed by atoms with Gasteiger partial charge in [-0.1, -0.05) is 30.3 Å². The molecule has 7 rings (SSSR count). The van der Waals surface area contributed by atoms with Gasteiger partial charge in [0.25, 0.3) is 11.8 Å². The Morgan fingerprint density at radius 3 is 2.49 bits per heavy atom. The molecule has 0 unspecified atom stereocenters. The molecule has 61 heavy (non-hydrogen) atoms. The Morgan fingerprint density at radius 2 is 1.74 bits per heavy atom. The second kappa shape index (κ2) is 17.7. The number of nitrogens with one attached hydrogen (secondary N) is 4. The number of alkyl halides is 3. The van der Waals surface area contributed by atoms with Crippen molar-refractivity contribution in [3.8, 4) is 11.5 Å². The van der Waals surface area contributed by atoms with Gasteiger partial charge in [0.2, 0.25) is 5.91 Å². The molecule has 14 nitrogen and oxygen atoms in total. The van der Waals surface area contributed by atoms with E-state index >= 15 is 0 Å². The fraction of sp³-hybridized carbons (Fsp3) is 0.364. The van der Waals surface area contributed by atoms with E-state index in [1.54, 1.807) is 62.4 Å². The summed E-state index contributed by atoms with van der Waals surface area (Å²) in [4.78, 5) is 55.6. The van der Waals surface area contributed by atoms with Gasteiger partial charge < -0.3 is 30.7 Å². The zero-order valence-corrected chi connectivity index (χ0v) is 33.9. The van der Waals surface area contributed by atoms with E-state index in [1.165, 1.54) is 6.07 Å². The molecule has 3 heterocycles. The largest absolute Gasteiger partial charge is 0.457 e. The molecule has 0 atom stereocenters. The highest BCUT2D eigenvalue weighted by Crippen LogP contribution is 2.36. The Bertz CT molecular complexity index is 2460. The number of carbonyl (C=O) groups is 4. The molecule has 1 aliphatic heterocycles. The van der Waals surface area contributed by atoms with Gasteiger partial charge in [0.1, 0.15) is 22.9 Å². The number of aromatic nitrogens is 3. The number of halogens is 3. The number of benzene rings is 3. The van der Waals surface area contributed by atoms with E-state index in [2.05, 4.69) is 31.2 Å². The lowest BCUT2D eigenvalue weighted by molar-refractivity contribution is -0.141. The number of anilines is 1. The van der Waals surface area contributed by atoms with Crippen molar-refractivity contribution in [2.75, 3.05) is 32.0 Å². The van der Waals surface area contributed by atoms with Gasteiger partial charge in [0.05, 0.1) is 29.1 Å². The van der Waals surface area contributed by atoms with Crippen molar-refractivity contribution >= 4 is 40.3 Å². The fourth-order valence-corrected chi connectivity index (χ4v) is 7.84. The summed E-state index contributed by atoms with van der Waals surface area (Å²) in [6.45, 7) is 5.35. The number of rotatable bonds is 13. The van der Waals surface area contributed by atoms with Gasteiger partial charge in [-0.2, -0.15) is 18.3 Å². The van der Waals surface area contributed by atoms with Crippen LogP contribution in [0.4, 0.5) is 23.7 Å². The van der Waals surface area contributed by atoms with E-state index in [9.17, 15) is 37.5 Å². The maximum absolute atomic E-state index is 13.2. The third-order valence-corrected chi connectivity index (χ3v) is 10.9. The van der Waals surface area contributed by atoms with E-state index in [4.69, 9.17) is 9.84 Å². The molecule has 5 N–H and O–H groups in total. The van der Waals surface area contributed by atoms with Crippen LogP contribution in [0.5, 0.6) is 11.5 Å². The average Bonchev–Trinajstić information content (AvgIpc) is 3.62. The predicted molar refractivity (Wildman–Crippen MR) is 220 cm³/mol. The standard InChI is InChI=1S/C44H47F3N8O6/c1-43(2,60)32-22-34-29(20-35(32)51-40(57)33-10-6-12-37(50-33)44(45,46)47)25-55(53-34)30-15-13-26(14-16-30)24-54(3)18-17-48-42(59)49-23-27-7-4-9-31(19-27)61-36-11-5-8-28-21-38(56)52-41(58)39(28)36/h4-12,19-20,22,25-26,30,60H,13-18,21,23-24H2,1-3H3,(H,51,57)(H2,48,49,59)(H,52,56,58). The van der Waals surface area contributed by atoms with Gasteiger partial charge in [-0.15, -0.1) is 0 Å². The average molecular weight is 841 g/mol. The number of carbonyl (C=O) groups excluding carboxylic acids is 4. The summed E-state index contributed by atoms with van der Waals surface area (Å²) in [5, 5.41) is 27.2. The van der Waals surface area contributed by atoms with Crippen LogP contribution >= 0.6 is 0 Å². The molecule has 320 valence electrons. The van der Waals surface area contributed by atoms with Crippen molar-refractivity contribution in [3.63, 3.8) is 0 Å². The molecule has 0 bridgehead atoms. The van der Waals surface area contributed by atoms with Gasteiger partial charge in [0, 0.05) is 49.0 Å². The minimum absolute atomic E-state index is 0.100. The summed E-state index contributed by atoms with van der Waals surface area (Å²) in [5.74, 6) is -0.391. The number of aliphatic hydroxyl groups is 1. The van der Waals surface area contributed by atoms with Crippen molar-refractivity contribution in [1.29, 1.82) is 0 Å². The number of ether oxygens (including phenoxy) is 1. The van der Waals surface area contributed by atoms with Crippen LogP contribution in [0.3, 0.4) is 0 Å². The molecule has 0 radical (unpaired) electrons. The monoisotopic (exact) mass is 840 g/mol. The zero-order chi connectivity index (χ0) is 43.5. The second-order valence-electron chi connectivity index (χ2n) is 16.1. The molecular formula is C44H47F3N8O6. The SMILES string of the molecule is CN(CCNC(=O)NCc1cccc(Oc2cccc3c2C(=O)NC(=O)C3)c1)CC1CCC(n2cc3cc(NC(=O)c4cccc(C(F)(F)F)n4)c(C(C)(C)O)cc3n2)CC1. The summed E-state index contributed by atoms with van der Waals surface area (Å²) >= 11 is 0. The third kappa shape index (κ3) is 10.5. The number of pyridine rings is 1. The maximum Gasteiger partial charge on any atom is 0.433 e. The van der Waals surface area contributed by atoms with Crippen molar-refractivity contribution in [2.24, 2.45) is 5.92 Å². The number of hydrogen-bond donors (Lipinski definition) is 5. The lowest BCUT2D eigenvalue weighted by atomic mass is 9.86. The van der Waals surface area contributed by atoms with Crippen LogP contribution in [-0.2, 0) is 29.5 Å². The van der Waals surface area contributed by atoms with Crippen molar-refractivity contribution in [3.05, 3.63) is 113 Å². The first-order valence-electron chi connectivity index (χ1n) is 20.0. The molecule has 1 aliphatic carbocycles. The minimum atomic E-state index is -4.70. The summed E-state index contributed by atoms with van der Waals surface area (Å²) in [6, 6.07) is 18.6. The minimum Gasteiger partial charge on any atom is -0.457 e. The van der Waals surface area contributed by atoms with E-state index in [0.717, 1.165) is 49.9 Å². The van der Waals surface area contributed by atoms with E-state index in [-0.39, 0.29) is 36.6 Å². The van der Waals surface area contributed by atoms with Gasteiger partial charge in [-0.05, 0) is 106 Å². The van der Waals surface area contributed by atoms with Crippen LogP contribution in [0.15, 0.2) is 79.0 Å². The normalized spacial score (nSPS) is 16.9. The first kappa shape index (κ1) is 42.8. The predicted octanol–water partition coefficient (Wildman–Crippen LogP) is 6.70. The topological polar surface area (TPSA) is 180 Å². The van der Waals surface area contributed by atoms with Gasteiger partial charge in [-0.3, -0.25) is 24.4 Å². The number of nitrogens with zero attached hydrogens (tertiary/aromatic N) is 4. The fourth-order valence-electron chi connectivity index (χ4n) is 7.84. The summed E-state index contributed by atoms with van der Waals surface area (Å²) in [7, 11) is 2.03. The second-order valence-corrected chi connectivity index (χ2v) is 16.1. The Hall–Kier alpha value is -6.33. The Kier molecular flexibility index (Phi) is 12.4. The molecular weight excluding hydrogens is 794 g/mol. The lowest BCUT2D eigenvalue weighted by Gasteiger charge is -2.31. The molecule has 5 aromatic rings. The van der Waals surface area contributed by atoms with Crippen LogP contribution in [-0.4, -0.2) is 75.2 Å². The van der Waals surface area contributed by atoms with Crippen molar-refractivity contribution in [2.45, 2.75) is 70.3 Å². The first-order valence-corrected chi connectivity index (χ1v) is 20.0.